The second-order valence-electron chi connectivity index (χ2n) is 4.18. The van der Waals surface area contributed by atoms with E-state index in [-0.39, 0.29) is 17.9 Å². The molecule has 1 amide bonds. The molecule has 0 saturated carbocycles. The van der Waals surface area contributed by atoms with Gasteiger partial charge in [0.2, 0.25) is 5.91 Å². The summed E-state index contributed by atoms with van der Waals surface area (Å²) >= 11 is 0. The van der Waals surface area contributed by atoms with Crippen molar-refractivity contribution in [2.45, 2.75) is 39.2 Å². The van der Waals surface area contributed by atoms with Gasteiger partial charge in [0, 0.05) is 18.0 Å². The van der Waals surface area contributed by atoms with Crippen molar-refractivity contribution in [2.24, 2.45) is 11.7 Å². The number of nitrogens with two attached hydrogens (primary N) is 1. The molecule has 5 nitrogen and oxygen atoms in total. The molecule has 1 aromatic heterocycles. The first-order chi connectivity index (χ1) is 7.59. The molecule has 5 heteroatoms. The van der Waals surface area contributed by atoms with Crippen LogP contribution in [0.4, 0.5) is 5.82 Å². The van der Waals surface area contributed by atoms with Crippen LogP contribution >= 0.6 is 0 Å². The van der Waals surface area contributed by atoms with E-state index < -0.39 is 0 Å². The minimum atomic E-state index is -0.0320. The number of rotatable bonds is 6. The van der Waals surface area contributed by atoms with Crippen molar-refractivity contribution < 1.29 is 9.32 Å². The van der Waals surface area contributed by atoms with Crippen LogP contribution in [0.5, 0.6) is 0 Å². The molecule has 2 unspecified atom stereocenters. The third-order valence-electron chi connectivity index (χ3n) is 2.43. The number of carbonyl (C=O) groups is 1. The van der Waals surface area contributed by atoms with Gasteiger partial charge < -0.3 is 15.6 Å². The lowest BCUT2D eigenvalue weighted by Crippen LogP contribution is -2.21. The van der Waals surface area contributed by atoms with Crippen molar-refractivity contribution in [2.75, 3.05) is 5.32 Å². The molecule has 0 radical (unpaired) electrons. The highest BCUT2D eigenvalue weighted by atomic mass is 16.5. The van der Waals surface area contributed by atoms with E-state index in [9.17, 15) is 4.79 Å². The normalized spacial score (nSPS) is 14.4. The molecule has 0 aromatic carbocycles. The van der Waals surface area contributed by atoms with Crippen LogP contribution in [0.2, 0.25) is 0 Å². The van der Waals surface area contributed by atoms with Crippen LogP contribution in [-0.2, 0) is 4.79 Å². The number of hydrogen-bond donors (Lipinski definition) is 2. The van der Waals surface area contributed by atoms with Gasteiger partial charge in [0.15, 0.2) is 5.82 Å². The summed E-state index contributed by atoms with van der Waals surface area (Å²) < 4.78 is 4.63. The Balaban J connectivity index is 2.25. The average molecular weight is 225 g/mol. The highest BCUT2D eigenvalue weighted by molar-refractivity contribution is 5.91. The van der Waals surface area contributed by atoms with E-state index in [0.29, 0.717) is 5.82 Å². The van der Waals surface area contributed by atoms with Gasteiger partial charge in [-0.1, -0.05) is 18.5 Å². The zero-order chi connectivity index (χ0) is 12.0. The monoisotopic (exact) mass is 225 g/mol. The summed E-state index contributed by atoms with van der Waals surface area (Å²) in [5, 5.41) is 6.30. The molecule has 1 rings (SSSR count). The van der Waals surface area contributed by atoms with E-state index in [0.717, 1.165) is 19.3 Å². The molecule has 0 aliphatic rings. The molecule has 0 fully saturated rings. The van der Waals surface area contributed by atoms with Crippen molar-refractivity contribution in [3.8, 4) is 0 Å². The molecular formula is C11H19N3O2. The fourth-order valence-electron chi connectivity index (χ4n) is 1.40. The van der Waals surface area contributed by atoms with Gasteiger partial charge >= 0.3 is 0 Å². The first kappa shape index (κ1) is 12.7. The maximum Gasteiger partial charge on any atom is 0.228 e. The van der Waals surface area contributed by atoms with Crippen molar-refractivity contribution >= 4 is 11.7 Å². The molecule has 1 aromatic rings. The predicted octanol–water partition coefficient (Wildman–Crippen LogP) is 1.77. The van der Waals surface area contributed by atoms with Crippen molar-refractivity contribution in [3.63, 3.8) is 0 Å². The lowest BCUT2D eigenvalue weighted by atomic mass is 10.0. The van der Waals surface area contributed by atoms with Crippen LogP contribution in [0.15, 0.2) is 16.9 Å². The minimum Gasteiger partial charge on any atom is -0.363 e. The number of aromatic nitrogens is 1. The van der Waals surface area contributed by atoms with E-state index >= 15 is 0 Å². The van der Waals surface area contributed by atoms with Gasteiger partial charge in [0.05, 0.1) is 0 Å². The van der Waals surface area contributed by atoms with Crippen LogP contribution in [0, 0.1) is 5.92 Å². The van der Waals surface area contributed by atoms with Crippen LogP contribution in [0.1, 0.15) is 33.1 Å². The summed E-state index contributed by atoms with van der Waals surface area (Å²) in [5.41, 5.74) is 5.64. The van der Waals surface area contributed by atoms with Crippen LogP contribution < -0.4 is 11.1 Å². The highest BCUT2D eigenvalue weighted by Crippen LogP contribution is 2.11. The molecular weight excluding hydrogens is 206 g/mol. The van der Waals surface area contributed by atoms with Crippen molar-refractivity contribution in [3.05, 3.63) is 12.3 Å². The topological polar surface area (TPSA) is 81.2 Å². The largest absolute Gasteiger partial charge is 0.363 e. The first-order valence-corrected chi connectivity index (χ1v) is 5.56. The lowest BCUT2D eigenvalue weighted by Gasteiger charge is -2.11. The zero-order valence-corrected chi connectivity index (χ0v) is 9.77. The van der Waals surface area contributed by atoms with Gasteiger partial charge in [-0.15, -0.1) is 0 Å². The van der Waals surface area contributed by atoms with Gasteiger partial charge in [-0.25, -0.2) is 0 Å². The quantitative estimate of drug-likeness (QED) is 0.773. The molecule has 1 heterocycles. The summed E-state index contributed by atoms with van der Waals surface area (Å²) in [6, 6.07) is 1.82. The molecule has 90 valence electrons. The first-order valence-electron chi connectivity index (χ1n) is 5.56. The van der Waals surface area contributed by atoms with Gasteiger partial charge in [0.1, 0.15) is 6.26 Å². The van der Waals surface area contributed by atoms with Crippen molar-refractivity contribution in [1.82, 2.24) is 5.16 Å². The molecule has 16 heavy (non-hydrogen) atoms. The third kappa shape index (κ3) is 4.44. The molecule has 0 bridgehead atoms. The Kier molecular flexibility index (Phi) is 4.98. The smallest absolute Gasteiger partial charge is 0.228 e. The Bertz CT molecular complexity index is 309. The van der Waals surface area contributed by atoms with Crippen LogP contribution in [-0.4, -0.2) is 17.1 Å². The SMILES string of the molecule is CC(N)CCCC(C)C(=O)Nc1ccon1. The number of carbonyl (C=O) groups excluding carboxylic acids is 1. The predicted molar refractivity (Wildman–Crippen MR) is 61.8 cm³/mol. The summed E-state index contributed by atoms with van der Waals surface area (Å²) in [6.07, 6.45) is 4.17. The molecule has 0 spiro atoms. The Morgan fingerprint density at radius 2 is 2.31 bits per heavy atom. The summed E-state index contributed by atoms with van der Waals surface area (Å²) in [5.74, 6) is 0.401. The molecule has 2 atom stereocenters. The molecule has 0 aliphatic carbocycles. The number of hydrogen-bond acceptors (Lipinski definition) is 4. The second-order valence-corrected chi connectivity index (χ2v) is 4.18. The van der Waals surface area contributed by atoms with Gasteiger partial charge in [-0.2, -0.15) is 0 Å². The standard InChI is InChI=1S/C11H19N3O2/c1-8(4-3-5-9(2)12)11(15)13-10-6-7-16-14-10/h6-9H,3-5,12H2,1-2H3,(H,13,14,15). The summed E-state index contributed by atoms with van der Waals surface area (Å²) in [6.45, 7) is 3.87. The Labute approximate surface area is 95.4 Å². The van der Waals surface area contributed by atoms with Gasteiger partial charge in [0.25, 0.3) is 0 Å². The highest BCUT2D eigenvalue weighted by Gasteiger charge is 2.13. The Hall–Kier alpha value is -1.36. The zero-order valence-electron chi connectivity index (χ0n) is 9.77. The van der Waals surface area contributed by atoms with E-state index in [1.807, 2.05) is 13.8 Å². The fourth-order valence-corrected chi connectivity index (χ4v) is 1.40. The maximum absolute atomic E-state index is 11.7. The Morgan fingerprint density at radius 1 is 1.56 bits per heavy atom. The fraction of sp³-hybridized carbons (Fsp3) is 0.636. The van der Waals surface area contributed by atoms with E-state index in [1.54, 1.807) is 6.07 Å². The van der Waals surface area contributed by atoms with Crippen LogP contribution in [0.25, 0.3) is 0 Å². The average Bonchev–Trinajstić information content (AvgIpc) is 2.69. The van der Waals surface area contributed by atoms with Gasteiger partial charge in [-0.05, 0) is 19.8 Å². The van der Waals surface area contributed by atoms with Crippen LogP contribution in [0.3, 0.4) is 0 Å². The number of nitrogens with one attached hydrogen (secondary N) is 1. The third-order valence-corrected chi connectivity index (χ3v) is 2.43. The number of anilines is 1. The van der Waals surface area contributed by atoms with E-state index in [1.165, 1.54) is 6.26 Å². The van der Waals surface area contributed by atoms with E-state index in [4.69, 9.17) is 5.73 Å². The molecule has 0 aliphatic heterocycles. The summed E-state index contributed by atoms with van der Waals surface area (Å²) in [7, 11) is 0. The van der Waals surface area contributed by atoms with Crippen molar-refractivity contribution in [1.29, 1.82) is 0 Å². The number of amides is 1. The van der Waals surface area contributed by atoms with E-state index in [2.05, 4.69) is 15.0 Å². The minimum absolute atomic E-state index is 0.0291. The van der Waals surface area contributed by atoms with Gasteiger partial charge in [-0.3, -0.25) is 4.79 Å². The lowest BCUT2D eigenvalue weighted by molar-refractivity contribution is -0.119. The molecule has 0 saturated heterocycles. The molecule has 3 N–H and O–H groups in total. The maximum atomic E-state index is 11.7. The second kappa shape index (κ2) is 6.27. The Morgan fingerprint density at radius 3 is 2.88 bits per heavy atom. The number of nitrogens with zero attached hydrogens (tertiary/aromatic N) is 1. The summed E-state index contributed by atoms with van der Waals surface area (Å²) in [4.78, 5) is 11.7.